The predicted molar refractivity (Wildman–Crippen MR) is 174 cm³/mol. The minimum atomic E-state index is -2.76. The van der Waals surface area contributed by atoms with Gasteiger partial charge in [0, 0.05) is 0 Å². The van der Waals surface area contributed by atoms with Gasteiger partial charge in [-0.15, -0.1) is 0 Å². The van der Waals surface area contributed by atoms with Crippen LogP contribution in [-0.4, -0.2) is 30.6 Å². The summed E-state index contributed by atoms with van der Waals surface area (Å²) in [5, 5.41) is 2.39. The lowest BCUT2D eigenvalue weighted by molar-refractivity contribution is -0.0957. The molecule has 3 atom stereocenters. The van der Waals surface area contributed by atoms with Crippen LogP contribution in [0.25, 0.3) is 0 Å². The minimum absolute atomic E-state index is 0.108. The molecule has 0 aliphatic carbocycles. The number of fused-ring (bicyclic) bond motifs is 1. The maximum absolute atomic E-state index is 7.42. The van der Waals surface area contributed by atoms with Crippen LogP contribution in [0.4, 0.5) is 0 Å². The average molecular weight is 589 g/mol. The third kappa shape index (κ3) is 6.01. The Labute approximate surface area is 256 Å². The molecule has 0 saturated heterocycles. The van der Waals surface area contributed by atoms with E-state index in [0.717, 1.165) is 16.8 Å². The highest BCUT2D eigenvalue weighted by molar-refractivity contribution is 6.99. The van der Waals surface area contributed by atoms with E-state index in [-0.39, 0.29) is 23.3 Å². The van der Waals surface area contributed by atoms with Gasteiger partial charge < -0.3 is 18.5 Å². The number of benzene rings is 4. The first-order valence-electron chi connectivity index (χ1n) is 15.1. The van der Waals surface area contributed by atoms with E-state index in [2.05, 4.69) is 115 Å². The van der Waals surface area contributed by atoms with Gasteiger partial charge >= 0.3 is 0 Å². The van der Waals surface area contributed by atoms with Crippen LogP contribution in [0, 0.1) is 0 Å². The second kappa shape index (κ2) is 12.8. The molecule has 6 heteroatoms. The van der Waals surface area contributed by atoms with Gasteiger partial charge in [0.25, 0.3) is 8.32 Å². The van der Waals surface area contributed by atoms with E-state index in [1.807, 2.05) is 48.9 Å². The molecule has 0 unspecified atom stereocenters. The van der Waals surface area contributed by atoms with E-state index < -0.39 is 8.32 Å². The molecule has 1 aliphatic heterocycles. The molecule has 0 radical (unpaired) electrons. The molecule has 6 rings (SSSR count). The maximum atomic E-state index is 7.42. The van der Waals surface area contributed by atoms with E-state index in [1.54, 1.807) is 0 Å². The highest BCUT2D eigenvalue weighted by Gasteiger charge is 2.52. The molecule has 2 heterocycles. The fourth-order valence-corrected chi connectivity index (χ4v) is 11.0. The van der Waals surface area contributed by atoms with Crippen LogP contribution in [0.5, 0.6) is 0 Å². The Morgan fingerprint density at radius 2 is 1.16 bits per heavy atom. The molecule has 0 fully saturated rings. The zero-order valence-electron chi connectivity index (χ0n) is 25.2. The number of hydrogen-bond acceptors (Lipinski definition) is 4. The van der Waals surface area contributed by atoms with Crippen molar-refractivity contribution >= 4 is 18.7 Å². The number of ether oxygens (including phenoxy) is 2. The lowest BCUT2D eigenvalue weighted by atomic mass is 10.1. The number of imidazole rings is 1. The van der Waals surface area contributed by atoms with Crippen molar-refractivity contribution in [3.63, 3.8) is 0 Å². The van der Waals surface area contributed by atoms with Gasteiger partial charge in [-0.1, -0.05) is 142 Å². The molecule has 0 spiro atoms. The van der Waals surface area contributed by atoms with E-state index in [4.69, 9.17) is 13.9 Å². The molecule has 0 saturated carbocycles. The Kier molecular flexibility index (Phi) is 8.72. The number of rotatable bonds is 11. The molecule has 5 aromatic rings. The zero-order chi connectivity index (χ0) is 29.7. The molecule has 1 aliphatic rings. The van der Waals surface area contributed by atoms with Gasteiger partial charge in [0.15, 0.2) is 0 Å². The molecule has 43 heavy (non-hydrogen) atoms. The number of hydrogen-bond donors (Lipinski definition) is 0. The van der Waals surface area contributed by atoms with Crippen molar-refractivity contribution in [2.75, 3.05) is 6.61 Å². The Bertz CT molecular complexity index is 1530. The van der Waals surface area contributed by atoms with Crippen molar-refractivity contribution in [2.24, 2.45) is 0 Å². The summed E-state index contributed by atoms with van der Waals surface area (Å²) in [6.45, 7) is 8.39. The van der Waals surface area contributed by atoms with Crippen molar-refractivity contribution < 1.29 is 13.9 Å². The van der Waals surface area contributed by atoms with Gasteiger partial charge in [0.2, 0.25) is 0 Å². The SMILES string of the molecule is CC(C)(C)[Si](OC[C@@H]1[C@H](OCc2ccccc2)[C@@H](OCc2ccccc2)c2cncn21)(c1ccccc1)c1ccccc1. The standard InChI is InChI=1S/C37H40N2O3Si/c1-37(2,3)43(31-20-12-6-13-21-31,32-22-14-7-15-23-32)42-27-34-36(41-26-30-18-10-5-11-19-30)35(33-24-38-28-39(33)34)40-25-29-16-8-4-9-17-29/h4-24,28,34-36H,25-27H2,1-3H3/t34-,35+,36+/m1/s1. The van der Waals surface area contributed by atoms with Crippen LogP contribution in [-0.2, 0) is 27.1 Å². The molecule has 5 nitrogen and oxygen atoms in total. The predicted octanol–water partition coefficient (Wildman–Crippen LogP) is 6.86. The largest absolute Gasteiger partial charge is 0.405 e. The summed E-state index contributed by atoms with van der Waals surface area (Å²) >= 11 is 0. The second-order valence-electron chi connectivity index (χ2n) is 12.2. The molecule has 1 aromatic heterocycles. The zero-order valence-corrected chi connectivity index (χ0v) is 26.2. The van der Waals surface area contributed by atoms with E-state index in [9.17, 15) is 0 Å². The first-order chi connectivity index (χ1) is 21.0. The minimum Gasteiger partial charge on any atom is -0.405 e. The molecule has 220 valence electrons. The summed E-state index contributed by atoms with van der Waals surface area (Å²) in [6, 6.07) is 42.1. The fraction of sp³-hybridized carbons (Fsp3) is 0.270. The Balaban J connectivity index is 1.35. The van der Waals surface area contributed by atoms with Gasteiger partial charge in [0.1, 0.15) is 12.2 Å². The van der Waals surface area contributed by atoms with E-state index >= 15 is 0 Å². The Morgan fingerprint density at radius 1 is 0.674 bits per heavy atom. The normalized spacial score (nSPS) is 18.4. The van der Waals surface area contributed by atoms with Gasteiger partial charge in [0.05, 0.1) is 44.1 Å². The monoisotopic (exact) mass is 588 g/mol. The van der Waals surface area contributed by atoms with E-state index in [0.29, 0.717) is 19.8 Å². The molecule has 0 N–H and O–H groups in total. The van der Waals surface area contributed by atoms with Crippen molar-refractivity contribution in [3.05, 3.63) is 151 Å². The highest BCUT2D eigenvalue weighted by atomic mass is 28.4. The van der Waals surface area contributed by atoms with Gasteiger partial charge in [-0.25, -0.2) is 4.98 Å². The van der Waals surface area contributed by atoms with Crippen LogP contribution in [0.2, 0.25) is 5.04 Å². The van der Waals surface area contributed by atoms with Crippen LogP contribution >= 0.6 is 0 Å². The van der Waals surface area contributed by atoms with Crippen LogP contribution in [0.1, 0.15) is 49.7 Å². The van der Waals surface area contributed by atoms with Crippen LogP contribution < -0.4 is 10.4 Å². The van der Waals surface area contributed by atoms with Crippen molar-refractivity contribution in [1.29, 1.82) is 0 Å². The summed E-state index contributed by atoms with van der Waals surface area (Å²) < 4.78 is 23.0. The summed E-state index contributed by atoms with van der Waals surface area (Å²) in [6.07, 6.45) is 3.29. The summed E-state index contributed by atoms with van der Waals surface area (Å²) in [7, 11) is -2.76. The molecular formula is C37H40N2O3Si. The van der Waals surface area contributed by atoms with Gasteiger partial charge in [-0.05, 0) is 26.5 Å². The summed E-state index contributed by atoms with van der Waals surface area (Å²) in [5.41, 5.74) is 3.28. The number of nitrogens with zero attached hydrogens (tertiary/aromatic N) is 2. The Morgan fingerprint density at radius 3 is 1.67 bits per heavy atom. The first-order valence-corrected chi connectivity index (χ1v) is 17.0. The van der Waals surface area contributed by atoms with Crippen molar-refractivity contribution in [3.8, 4) is 0 Å². The van der Waals surface area contributed by atoms with E-state index in [1.165, 1.54) is 10.4 Å². The molecule has 0 bridgehead atoms. The fourth-order valence-electron chi connectivity index (χ4n) is 6.39. The lowest BCUT2D eigenvalue weighted by Crippen LogP contribution is -2.67. The highest BCUT2D eigenvalue weighted by Crippen LogP contribution is 2.43. The van der Waals surface area contributed by atoms with Gasteiger partial charge in [-0.2, -0.15) is 0 Å². The topological polar surface area (TPSA) is 45.5 Å². The quantitative estimate of drug-likeness (QED) is 0.158. The molecular weight excluding hydrogens is 549 g/mol. The number of aromatic nitrogens is 2. The maximum Gasteiger partial charge on any atom is 0.261 e. The summed E-state index contributed by atoms with van der Waals surface area (Å²) in [4.78, 5) is 4.54. The van der Waals surface area contributed by atoms with Crippen LogP contribution in [0.15, 0.2) is 134 Å². The molecule has 4 aromatic carbocycles. The van der Waals surface area contributed by atoms with Crippen molar-refractivity contribution in [2.45, 2.75) is 57.3 Å². The summed E-state index contributed by atoms with van der Waals surface area (Å²) in [5.74, 6) is 0. The first kappa shape index (κ1) is 29.3. The smallest absolute Gasteiger partial charge is 0.261 e. The Hall–Kier alpha value is -3.81. The lowest BCUT2D eigenvalue weighted by Gasteiger charge is -2.44. The molecule has 0 amide bonds. The second-order valence-corrected chi connectivity index (χ2v) is 16.6. The average Bonchev–Trinajstić information content (AvgIpc) is 3.62. The van der Waals surface area contributed by atoms with Crippen LogP contribution in [0.3, 0.4) is 0 Å². The third-order valence-electron chi connectivity index (χ3n) is 8.47. The van der Waals surface area contributed by atoms with Crippen molar-refractivity contribution in [1.82, 2.24) is 9.55 Å². The third-order valence-corrected chi connectivity index (χ3v) is 13.5. The van der Waals surface area contributed by atoms with Gasteiger partial charge in [-0.3, -0.25) is 0 Å².